The number of nitrogens with one attached hydrogen (secondary N) is 1. The Kier molecular flexibility index (Phi) is 10.9. The van der Waals surface area contributed by atoms with Crippen molar-refractivity contribution in [3.63, 3.8) is 0 Å². The van der Waals surface area contributed by atoms with E-state index in [4.69, 9.17) is 21.3 Å². The Hall–Kier alpha value is -2.78. The van der Waals surface area contributed by atoms with Crippen molar-refractivity contribution in [1.29, 1.82) is 0 Å². The van der Waals surface area contributed by atoms with Crippen molar-refractivity contribution in [2.45, 2.75) is 71.1 Å². The lowest BCUT2D eigenvalue weighted by Gasteiger charge is -2.30. The van der Waals surface area contributed by atoms with Crippen LogP contribution in [-0.2, 0) is 9.53 Å². The first-order valence-corrected chi connectivity index (χ1v) is 15.3. The van der Waals surface area contributed by atoms with Crippen molar-refractivity contribution in [2.75, 3.05) is 24.5 Å². The molecule has 0 bridgehead atoms. The second-order valence-electron chi connectivity index (χ2n) is 10.4. The molecule has 10 heteroatoms. The summed E-state index contributed by atoms with van der Waals surface area (Å²) in [5.41, 5.74) is 2.46. The number of alkyl halides is 1. The maximum Gasteiger partial charge on any atom is 0.308 e. The number of aromatic nitrogens is 1. The lowest BCUT2D eigenvalue weighted by molar-refractivity contribution is -0.158. The van der Waals surface area contributed by atoms with Crippen LogP contribution in [-0.4, -0.2) is 42.9 Å². The van der Waals surface area contributed by atoms with Crippen molar-refractivity contribution in [3.05, 3.63) is 68.4 Å². The van der Waals surface area contributed by atoms with Crippen LogP contribution in [0, 0.1) is 12.7 Å². The molecule has 4 rings (SSSR count). The first-order valence-electron chi connectivity index (χ1n) is 14.1. The first-order chi connectivity index (χ1) is 19.7. The van der Waals surface area contributed by atoms with Crippen molar-refractivity contribution in [3.8, 4) is 0 Å². The van der Waals surface area contributed by atoms with E-state index < -0.39 is 24.1 Å². The van der Waals surface area contributed by atoms with Crippen LogP contribution in [0.25, 0.3) is 10.9 Å². The highest BCUT2D eigenvalue weighted by atomic mass is 79.9. The van der Waals surface area contributed by atoms with E-state index in [1.165, 1.54) is 24.6 Å². The minimum absolute atomic E-state index is 0.0829. The summed E-state index contributed by atoms with van der Waals surface area (Å²) < 4.78 is 33.7. The van der Waals surface area contributed by atoms with Gasteiger partial charge in [0.05, 0.1) is 11.1 Å². The second kappa shape index (κ2) is 14.4. The number of rotatable bonds is 11. The summed E-state index contributed by atoms with van der Waals surface area (Å²) in [7, 11) is 0. The van der Waals surface area contributed by atoms with Gasteiger partial charge in [0.2, 0.25) is 6.36 Å². The van der Waals surface area contributed by atoms with Crippen LogP contribution in [0.1, 0.15) is 79.3 Å². The number of fused-ring (bicyclic) bond motifs is 1. The lowest BCUT2D eigenvalue weighted by Crippen LogP contribution is -2.33. The van der Waals surface area contributed by atoms with Crippen molar-refractivity contribution in [2.24, 2.45) is 0 Å². The van der Waals surface area contributed by atoms with Crippen molar-refractivity contribution < 1.29 is 23.1 Å². The minimum atomic E-state index is -1.67. The van der Waals surface area contributed by atoms with E-state index in [9.17, 15) is 18.4 Å². The monoisotopic (exact) mass is 649 g/mol. The number of anilines is 1. The zero-order valence-electron chi connectivity index (χ0n) is 23.3. The number of benzene rings is 2. The number of halogens is 4. The molecule has 3 aromatic rings. The molecule has 0 saturated carbocycles. The molecule has 41 heavy (non-hydrogen) atoms. The average molecular weight is 651 g/mol. The summed E-state index contributed by atoms with van der Waals surface area (Å²) in [6.45, 7) is 5.55. The normalized spacial score (nSPS) is 15.0. The quantitative estimate of drug-likeness (QED) is 0.213. The van der Waals surface area contributed by atoms with Gasteiger partial charge in [0, 0.05) is 58.8 Å². The molecule has 0 aliphatic carbocycles. The fourth-order valence-electron chi connectivity index (χ4n) is 5.30. The first kappa shape index (κ1) is 31.2. The van der Waals surface area contributed by atoms with Gasteiger partial charge in [-0.1, -0.05) is 34.5 Å². The van der Waals surface area contributed by atoms with Crippen LogP contribution in [0.5, 0.6) is 0 Å². The summed E-state index contributed by atoms with van der Waals surface area (Å²) in [6.07, 6.45) is 2.38. The standard InChI is InChI=1S/C31H35BrClF2N3O3/c1-3-7-27(35)41-28(39)13-8-20(23-17-22(34)10-11-25(23)33)18-36-31(40)29-19(2)30(38-14-5-4-6-15-38)37-26-12-9-21(32)16-24(26)29/h9-12,16-17,20,27H,3-8,13-15,18H2,1-2H3,(H,36,40). The number of hydrogen-bond acceptors (Lipinski definition) is 5. The number of ether oxygens (including phenoxy) is 1. The van der Waals surface area contributed by atoms with Crippen molar-refractivity contribution in [1.82, 2.24) is 10.3 Å². The number of carbonyl (C=O) groups excluding carboxylic acids is 2. The molecular formula is C31H35BrClF2N3O3. The van der Waals surface area contributed by atoms with Crippen LogP contribution in [0.3, 0.4) is 0 Å². The van der Waals surface area contributed by atoms with Crippen LogP contribution < -0.4 is 10.2 Å². The van der Waals surface area contributed by atoms with Gasteiger partial charge in [-0.15, -0.1) is 0 Å². The SMILES string of the molecule is CCCC(F)OC(=O)CCC(CNC(=O)c1c(C)c(N2CCCCC2)nc2ccc(Br)cc12)c1cc(F)ccc1Cl. The molecule has 1 aliphatic rings. The molecule has 2 atom stereocenters. The Morgan fingerprint density at radius 3 is 2.63 bits per heavy atom. The van der Waals surface area contributed by atoms with Gasteiger partial charge in [0.15, 0.2) is 0 Å². The fourth-order valence-corrected chi connectivity index (χ4v) is 5.94. The molecule has 1 fully saturated rings. The van der Waals surface area contributed by atoms with Gasteiger partial charge in [-0.2, -0.15) is 0 Å². The Balaban J connectivity index is 1.61. The van der Waals surface area contributed by atoms with E-state index in [1.54, 1.807) is 6.92 Å². The molecule has 0 spiro atoms. The number of nitrogens with zero attached hydrogens (tertiary/aromatic N) is 2. The van der Waals surface area contributed by atoms with Gasteiger partial charge in [-0.25, -0.2) is 13.8 Å². The third-order valence-corrected chi connectivity index (χ3v) is 8.26. The smallest absolute Gasteiger partial charge is 0.308 e. The fraction of sp³-hybridized carbons (Fsp3) is 0.452. The minimum Gasteiger partial charge on any atom is -0.431 e. The number of amides is 1. The second-order valence-corrected chi connectivity index (χ2v) is 11.8. The average Bonchev–Trinajstić information content (AvgIpc) is 2.94. The molecule has 1 amide bonds. The number of pyridine rings is 1. The molecule has 1 aromatic heterocycles. The van der Waals surface area contributed by atoms with E-state index in [0.29, 0.717) is 33.5 Å². The van der Waals surface area contributed by atoms with Gasteiger partial charge >= 0.3 is 5.97 Å². The van der Waals surface area contributed by atoms with Crippen LogP contribution in [0.4, 0.5) is 14.6 Å². The highest BCUT2D eigenvalue weighted by molar-refractivity contribution is 9.10. The molecule has 6 nitrogen and oxygen atoms in total. The van der Waals surface area contributed by atoms with E-state index >= 15 is 0 Å². The van der Waals surface area contributed by atoms with E-state index in [-0.39, 0.29) is 31.7 Å². The maximum absolute atomic E-state index is 14.2. The molecule has 1 N–H and O–H groups in total. The van der Waals surface area contributed by atoms with E-state index in [0.717, 1.165) is 41.8 Å². The van der Waals surface area contributed by atoms with Gasteiger partial charge in [-0.3, -0.25) is 9.59 Å². The zero-order chi connectivity index (χ0) is 29.5. The lowest BCUT2D eigenvalue weighted by atomic mass is 9.93. The molecular weight excluding hydrogens is 616 g/mol. The molecule has 1 aliphatic heterocycles. The molecule has 0 radical (unpaired) electrons. The highest BCUT2D eigenvalue weighted by Crippen LogP contribution is 2.33. The molecule has 2 unspecified atom stereocenters. The summed E-state index contributed by atoms with van der Waals surface area (Å²) in [5.74, 6) is -1.20. The van der Waals surface area contributed by atoms with Crippen LogP contribution in [0.2, 0.25) is 5.02 Å². The van der Waals surface area contributed by atoms with E-state index in [1.807, 2.05) is 25.1 Å². The summed E-state index contributed by atoms with van der Waals surface area (Å²) >= 11 is 9.93. The maximum atomic E-state index is 14.2. The van der Waals surface area contributed by atoms with Gasteiger partial charge in [0.1, 0.15) is 11.6 Å². The number of piperidine rings is 1. The molecule has 2 aromatic carbocycles. The molecule has 1 saturated heterocycles. The largest absolute Gasteiger partial charge is 0.431 e. The highest BCUT2D eigenvalue weighted by Gasteiger charge is 2.25. The van der Waals surface area contributed by atoms with E-state index in [2.05, 4.69) is 26.1 Å². The van der Waals surface area contributed by atoms with Gasteiger partial charge < -0.3 is 15.0 Å². The molecule has 2 heterocycles. The predicted octanol–water partition coefficient (Wildman–Crippen LogP) is 8.02. The molecule has 220 valence electrons. The Morgan fingerprint density at radius 1 is 1.15 bits per heavy atom. The van der Waals surface area contributed by atoms with Gasteiger partial charge in [-0.05, 0) is 81.0 Å². The number of carbonyl (C=O) groups is 2. The third kappa shape index (κ3) is 7.95. The number of hydrogen-bond donors (Lipinski definition) is 1. The number of esters is 1. The Bertz CT molecular complexity index is 1400. The summed E-state index contributed by atoms with van der Waals surface area (Å²) in [4.78, 5) is 33.3. The summed E-state index contributed by atoms with van der Waals surface area (Å²) in [5, 5.41) is 4.03. The zero-order valence-corrected chi connectivity index (χ0v) is 25.7. The van der Waals surface area contributed by atoms with Crippen molar-refractivity contribution >= 4 is 56.1 Å². The third-order valence-electron chi connectivity index (χ3n) is 7.43. The Morgan fingerprint density at radius 2 is 1.90 bits per heavy atom. The Labute approximate surface area is 252 Å². The van der Waals surface area contributed by atoms with Crippen LogP contribution >= 0.6 is 27.5 Å². The van der Waals surface area contributed by atoms with Gasteiger partial charge in [0.25, 0.3) is 5.91 Å². The van der Waals surface area contributed by atoms with Crippen LogP contribution in [0.15, 0.2) is 40.9 Å². The summed E-state index contributed by atoms with van der Waals surface area (Å²) in [6, 6.07) is 9.67. The topological polar surface area (TPSA) is 71.5 Å². The predicted molar refractivity (Wildman–Crippen MR) is 162 cm³/mol.